The van der Waals surface area contributed by atoms with Gasteiger partial charge in [0.05, 0.1) is 4.47 Å². The number of H-pyrrole nitrogens is 1. The van der Waals surface area contributed by atoms with Crippen molar-refractivity contribution in [1.82, 2.24) is 4.98 Å². The molecule has 0 radical (unpaired) electrons. The summed E-state index contributed by atoms with van der Waals surface area (Å²) in [7, 11) is 0. The Kier molecular flexibility index (Phi) is 4.30. The minimum Gasteiger partial charge on any atom is -0.384 e. The highest BCUT2D eigenvalue weighted by molar-refractivity contribution is 14.1. The fourth-order valence-electron chi connectivity index (χ4n) is 1.83. The summed E-state index contributed by atoms with van der Waals surface area (Å²) in [6.07, 6.45) is 0. The third-order valence-corrected chi connectivity index (χ3v) is 4.25. The monoisotopic (exact) mass is 458 g/mol. The van der Waals surface area contributed by atoms with E-state index in [-0.39, 0.29) is 32.5 Å². The molecule has 0 aliphatic rings. The van der Waals surface area contributed by atoms with Crippen molar-refractivity contribution in [2.24, 2.45) is 0 Å². The zero-order chi connectivity index (χ0) is 15.7. The topological polar surface area (TPSA) is 106 Å². The third-order valence-electron chi connectivity index (χ3n) is 2.75. The standard InChI is InChI=1S/C13H5BrFIN4O/c14-8-2-10(16)5(1-9(8)15)11-6(3-17)12(19)20-13(21)7(11)4-18/h1-2H,(H3,19,20,21). The van der Waals surface area contributed by atoms with Crippen molar-refractivity contribution >= 4 is 44.3 Å². The molecule has 0 bridgehead atoms. The number of aromatic nitrogens is 1. The number of anilines is 1. The summed E-state index contributed by atoms with van der Waals surface area (Å²) in [4.78, 5) is 14.1. The van der Waals surface area contributed by atoms with Crippen LogP contribution in [-0.2, 0) is 0 Å². The number of hydrogen-bond donors (Lipinski definition) is 2. The van der Waals surface area contributed by atoms with Gasteiger partial charge in [-0.3, -0.25) is 4.79 Å². The average molecular weight is 459 g/mol. The van der Waals surface area contributed by atoms with Gasteiger partial charge in [-0.05, 0) is 50.7 Å². The molecule has 5 nitrogen and oxygen atoms in total. The third kappa shape index (κ3) is 2.64. The van der Waals surface area contributed by atoms with Crippen LogP contribution >= 0.6 is 38.5 Å². The number of nitrogens with two attached hydrogens (primary N) is 1. The van der Waals surface area contributed by atoms with Gasteiger partial charge in [0.1, 0.15) is 34.9 Å². The van der Waals surface area contributed by atoms with E-state index in [9.17, 15) is 14.4 Å². The van der Waals surface area contributed by atoms with E-state index in [0.717, 1.165) is 6.07 Å². The number of aromatic amines is 1. The molecule has 0 fully saturated rings. The Morgan fingerprint density at radius 1 is 1.29 bits per heavy atom. The van der Waals surface area contributed by atoms with Crippen molar-refractivity contribution in [1.29, 1.82) is 10.5 Å². The molecule has 0 unspecified atom stereocenters. The summed E-state index contributed by atoms with van der Waals surface area (Å²) in [6.45, 7) is 0. The number of hydrogen-bond acceptors (Lipinski definition) is 4. The molecular weight excluding hydrogens is 454 g/mol. The SMILES string of the molecule is N#Cc1c(N)[nH]c(=O)c(C#N)c1-c1cc(F)c(Br)cc1I. The van der Waals surface area contributed by atoms with E-state index < -0.39 is 11.4 Å². The van der Waals surface area contributed by atoms with Crippen molar-refractivity contribution in [3.8, 4) is 23.3 Å². The number of nitriles is 2. The molecule has 0 aliphatic heterocycles. The number of pyridine rings is 1. The molecule has 2 rings (SSSR count). The Morgan fingerprint density at radius 3 is 2.48 bits per heavy atom. The molecule has 0 saturated heterocycles. The maximum absolute atomic E-state index is 13.8. The van der Waals surface area contributed by atoms with Gasteiger partial charge in [-0.25, -0.2) is 4.39 Å². The van der Waals surface area contributed by atoms with Gasteiger partial charge in [0.25, 0.3) is 5.56 Å². The summed E-state index contributed by atoms with van der Waals surface area (Å²) >= 11 is 4.98. The number of benzene rings is 1. The number of halogens is 3. The molecule has 8 heteroatoms. The molecule has 1 aromatic carbocycles. The van der Waals surface area contributed by atoms with Crippen LogP contribution in [0.15, 0.2) is 21.4 Å². The molecule has 2 aromatic rings. The van der Waals surface area contributed by atoms with E-state index in [1.165, 1.54) is 6.07 Å². The Labute approximate surface area is 140 Å². The second-order valence-corrected chi connectivity index (χ2v) is 5.98. The highest BCUT2D eigenvalue weighted by atomic mass is 127. The van der Waals surface area contributed by atoms with Crippen LogP contribution in [0, 0.1) is 32.0 Å². The average Bonchev–Trinajstić information content (AvgIpc) is 2.42. The first-order valence-corrected chi connectivity index (χ1v) is 7.28. The van der Waals surface area contributed by atoms with Crippen molar-refractivity contribution in [2.75, 3.05) is 5.73 Å². The lowest BCUT2D eigenvalue weighted by molar-refractivity contribution is 0.621. The largest absolute Gasteiger partial charge is 0.384 e. The van der Waals surface area contributed by atoms with Crippen molar-refractivity contribution in [3.05, 3.63) is 47.5 Å². The molecule has 3 N–H and O–H groups in total. The van der Waals surface area contributed by atoms with Crippen molar-refractivity contribution < 1.29 is 4.39 Å². The molecule has 1 heterocycles. The van der Waals surface area contributed by atoms with Gasteiger partial charge in [-0.1, -0.05) is 0 Å². The van der Waals surface area contributed by atoms with Crippen molar-refractivity contribution in [2.45, 2.75) is 0 Å². The van der Waals surface area contributed by atoms with E-state index in [2.05, 4.69) is 20.9 Å². The first-order valence-electron chi connectivity index (χ1n) is 5.41. The van der Waals surface area contributed by atoms with Crippen LogP contribution in [0.2, 0.25) is 0 Å². The van der Waals surface area contributed by atoms with Crippen LogP contribution in [-0.4, -0.2) is 4.98 Å². The van der Waals surface area contributed by atoms with Crippen LogP contribution in [0.3, 0.4) is 0 Å². The van der Waals surface area contributed by atoms with Crippen LogP contribution in [0.25, 0.3) is 11.1 Å². The van der Waals surface area contributed by atoms with Gasteiger partial charge < -0.3 is 10.7 Å². The Morgan fingerprint density at radius 2 is 1.90 bits per heavy atom. The maximum Gasteiger partial charge on any atom is 0.268 e. The summed E-state index contributed by atoms with van der Waals surface area (Å²) in [6, 6.07) is 6.22. The zero-order valence-electron chi connectivity index (χ0n) is 10.2. The summed E-state index contributed by atoms with van der Waals surface area (Å²) in [5, 5.41) is 18.4. The van der Waals surface area contributed by atoms with Gasteiger partial charge in [0.15, 0.2) is 0 Å². The van der Waals surface area contributed by atoms with E-state index in [0.29, 0.717) is 3.57 Å². The predicted molar refractivity (Wildman–Crippen MR) is 86.7 cm³/mol. The molecule has 0 spiro atoms. The number of nitrogen functional groups attached to an aromatic ring is 1. The smallest absolute Gasteiger partial charge is 0.268 e. The van der Waals surface area contributed by atoms with Gasteiger partial charge in [-0.2, -0.15) is 10.5 Å². The molecule has 0 amide bonds. The molecular formula is C13H5BrFIN4O. The van der Waals surface area contributed by atoms with E-state index in [1.54, 1.807) is 6.07 Å². The Hall–Kier alpha value is -1.91. The summed E-state index contributed by atoms with van der Waals surface area (Å²) in [5.74, 6) is -0.729. The molecule has 0 aliphatic carbocycles. The van der Waals surface area contributed by atoms with Crippen LogP contribution in [0.4, 0.5) is 10.2 Å². The lowest BCUT2D eigenvalue weighted by atomic mass is 9.96. The van der Waals surface area contributed by atoms with Gasteiger partial charge in [0.2, 0.25) is 0 Å². The fourth-order valence-corrected chi connectivity index (χ4v) is 3.33. The number of rotatable bonds is 1. The first-order chi connectivity index (χ1) is 9.90. The highest BCUT2D eigenvalue weighted by Crippen LogP contribution is 2.34. The minimum atomic E-state index is -0.719. The summed E-state index contributed by atoms with van der Waals surface area (Å²) < 4.78 is 14.6. The maximum atomic E-state index is 13.8. The van der Waals surface area contributed by atoms with E-state index >= 15 is 0 Å². The van der Waals surface area contributed by atoms with E-state index in [1.807, 2.05) is 28.7 Å². The quantitative estimate of drug-likeness (QED) is 0.506. The van der Waals surface area contributed by atoms with Gasteiger partial charge in [-0.15, -0.1) is 0 Å². The minimum absolute atomic E-state index is 0.0389. The second-order valence-electron chi connectivity index (χ2n) is 3.96. The molecule has 0 atom stereocenters. The molecule has 104 valence electrons. The van der Waals surface area contributed by atoms with Gasteiger partial charge in [0, 0.05) is 14.7 Å². The lowest BCUT2D eigenvalue weighted by Crippen LogP contribution is -2.16. The van der Waals surface area contributed by atoms with Crippen LogP contribution < -0.4 is 11.3 Å². The highest BCUT2D eigenvalue weighted by Gasteiger charge is 2.21. The second kappa shape index (κ2) is 5.84. The lowest BCUT2D eigenvalue weighted by Gasteiger charge is -2.11. The van der Waals surface area contributed by atoms with Crippen LogP contribution in [0.1, 0.15) is 11.1 Å². The zero-order valence-corrected chi connectivity index (χ0v) is 13.9. The van der Waals surface area contributed by atoms with E-state index in [4.69, 9.17) is 11.0 Å². The number of nitrogens with one attached hydrogen (secondary N) is 1. The fraction of sp³-hybridized carbons (Fsp3) is 0. The van der Waals surface area contributed by atoms with Crippen LogP contribution in [0.5, 0.6) is 0 Å². The first kappa shape index (κ1) is 15.5. The number of nitrogens with zero attached hydrogens (tertiary/aromatic N) is 2. The predicted octanol–water partition coefficient (Wildman–Crippen LogP) is 2.87. The van der Waals surface area contributed by atoms with Gasteiger partial charge >= 0.3 is 0 Å². The molecule has 1 aromatic heterocycles. The molecule has 0 saturated carbocycles. The molecule has 21 heavy (non-hydrogen) atoms. The Bertz CT molecular complexity index is 895. The Balaban J connectivity index is 3.00. The van der Waals surface area contributed by atoms with Crippen molar-refractivity contribution in [3.63, 3.8) is 0 Å². The summed E-state index contributed by atoms with van der Waals surface area (Å²) in [5.41, 5.74) is 4.86. The normalized spacial score (nSPS) is 9.95.